The van der Waals surface area contributed by atoms with Crippen molar-refractivity contribution in [1.82, 2.24) is 10.6 Å². The lowest BCUT2D eigenvalue weighted by molar-refractivity contribution is -0.123. The monoisotopic (exact) mass is 294 g/mol. The van der Waals surface area contributed by atoms with Gasteiger partial charge in [0.15, 0.2) is 0 Å². The number of unbranched alkanes of at least 4 members (excludes halogenated alkanes) is 7. The molecular weight excluding hydrogens is 260 g/mol. The maximum Gasteiger partial charge on any atom is 0.223 e. The van der Waals surface area contributed by atoms with Crippen molar-refractivity contribution in [3.05, 3.63) is 0 Å². The topological polar surface area (TPSA) is 41.1 Å². The summed E-state index contributed by atoms with van der Waals surface area (Å²) in [5.41, 5.74) is 0.384. The average molecular weight is 294 g/mol. The Hall–Kier alpha value is -0.570. The fourth-order valence-corrected chi connectivity index (χ4v) is 3.79. The zero-order valence-electron chi connectivity index (χ0n) is 13.9. The van der Waals surface area contributed by atoms with Crippen molar-refractivity contribution >= 4 is 5.91 Å². The maximum absolute atomic E-state index is 12.2. The summed E-state index contributed by atoms with van der Waals surface area (Å²) in [5, 5.41) is 6.56. The van der Waals surface area contributed by atoms with Gasteiger partial charge in [-0.2, -0.15) is 0 Å². The average Bonchev–Trinajstić information content (AvgIpc) is 3.19. The third kappa shape index (κ3) is 5.28. The van der Waals surface area contributed by atoms with Gasteiger partial charge in [0.25, 0.3) is 0 Å². The Bertz CT molecular complexity index is 310. The predicted octanol–water partition coefficient (Wildman–Crippen LogP) is 3.63. The summed E-state index contributed by atoms with van der Waals surface area (Å²) in [7, 11) is 0. The van der Waals surface area contributed by atoms with Gasteiger partial charge < -0.3 is 10.6 Å². The summed E-state index contributed by atoms with van der Waals surface area (Å²) < 4.78 is 0. The molecular formula is C18H34N2O. The minimum atomic E-state index is 0.327. The smallest absolute Gasteiger partial charge is 0.223 e. The second-order valence-electron chi connectivity index (χ2n) is 7.13. The normalized spacial score (nSPS) is 23.2. The molecule has 0 aromatic rings. The zero-order valence-corrected chi connectivity index (χ0v) is 13.9. The Morgan fingerprint density at radius 1 is 1.05 bits per heavy atom. The molecule has 0 aromatic heterocycles. The molecule has 122 valence electrons. The van der Waals surface area contributed by atoms with Gasteiger partial charge >= 0.3 is 0 Å². The van der Waals surface area contributed by atoms with Crippen molar-refractivity contribution in [1.29, 1.82) is 0 Å². The van der Waals surface area contributed by atoms with Crippen molar-refractivity contribution in [2.75, 3.05) is 19.6 Å². The van der Waals surface area contributed by atoms with E-state index in [9.17, 15) is 4.79 Å². The number of hydrogen-bond acceptors (Lipinski definition) is 2. The molecule has 1 saturated carbocycles. The lowest BCUT2D eigenvalue weighted by atomic mass is 9.92. The lowest BCUT2D eigenvalue weighted by Gasteiger charge is -2.23. The van der Waals surface area contributed by atoms with Gasteiger partial charge in [-0.15, -0.1) is 0 Å². The number of rotatable bonds is 10. The van der Waals surface area contributed by atoms with E-state index in [2.05, 4.69) is 17.6 Å². The second kappa shape index (κ2) is 8.77. The largest absolute Gasteiger partial charge is 0.356 e. The van der Waals surface area contributed by atoms with E-state index in [4.69, 9.17) is 0 Å². The summed E-state index contributed by atoms with van der Waals surface area (Å²) in [6.45, 7) is 5.35. The summed E-state index contributed by atoms with van der Waals surface area (Å²) >= 11 is 0. The van der Waals surface area contributed by atoms with Gasteiger partial charge in [0, 0.05) is 12.5 Å². The van der Waals surface area contributed by atoms with Crippen molar-refractivity contribution in [2.24, 2.45) is 11.3 Å². The molecule has 1 amide bonds. The first-order valence-corrected chi connectivity index (χ1v) is 9.27. The number of nitrogens with one attached hydrogen (secondary N) is 2. The number of carbonyl (C=O) groups excluding carboxylic acids is 1. The van der Waals surface area contributed by atoms with Gasteiger partial charge in [-0.1, -0.05) is 51.9 Å². The Balaban J connectivity index is 1.44. The number of piperidine rings is 1. The van der Waals surface area contributed by atoms with Crippen LogP contribution in [0.3, 0.4) is 0 Å². The van der Waals surface area contributed by atoms with Crippen LogP contribution in [0.1, 0.15) is 77.6 Å². The van der Waals surface area contributed by atoms with Gasteiger partial charge in [0.1, 0.15) is 0 Å². The number of carbonyl (C=O) groups is 1. The van der Waals surface area contributed by atoms with Crippen LogP contribution in [0.2, 0.25) is 0 Å². The van der Waals surface area contributed by atoms with Gasteiger partial charge in [-0.25, -0.2) is 0 Å². The number of amides is 1. The third-order valence-corrected chi connectivity index (χ3v) is 5.44. The Morgan fingerprint density at radius 2 is 1.67 bits per heavy atom. The Morgan fingerprint density at radius 3 is 2.33 bits per heavy atom. The van der Waals surface area contributed by atoms with Crippen LogP contribution in [-0.4, -0.2) is 25.5 Å². The summed E-state index contributed by atoms with van der Waals surface area (Å²) in [6.07, 6.45) is 14.1. The molecule has 1 heterocycles. The first-order valence-electron chi connectivity index (χ1n) is 9.27. The molecule has 2 N–H and O–H groups in total. The molecule has 2 fully saturated rings. The SMILES string of the molecule is CCCCCCCCCCNC(=O)C1CC12CCNCC2. The minimum absolute atomic E-state index is 0.327. The highest BCUT2D eigenvalue weighted by molar-refractivity contribution is 5.82. The Labute approximate surface area is 130 Å². The first kappa shape index (κ1) is 16.8. The molecule has 1 aliphatic heterocycles. The van der Waals surface area contributed by atoms with E-state index >= 15 is 0 Å². The van der Waals surface area contributed by atoms with Crippen LogP contribution in [0.5, 0.6) is 0 Å². The standard InChI is InChI=1S/C18H34N2O/c1-2-3-4-5-6-7-8-9-12-20-17(21)16-15-18(16)10-13-19-14-11-18/h16,19H,2-15H2,1H3,(H,20,21). The van der Waals surface area contributed by atoms with Crippen molar-refractivity contribution in [3.63, 3.8) is 0 Å². The van der Waals surface area contributed by atoms with Crippen LogP contribution >= 0.6 is 0 Å². The van der Waals surface area contributed by atoms with E-state index in [1.807, 2.05) is 0 Å². The highest BCUT2D eigenvalue weighted by atomic mass is 16.2. The molecule has 0 aromatic carbocycles. The maximum atomic E-state index is 12.2. The molecule has 1 atom stereocenters. The molecule has 1 spiro atoms. The molecule has 1 aliphatic carbocycles. The highest BCUT2D eigenvalue weighted by Crippen LogP contribution is 2.58. The fraction of sp³-hybridized carbons (Fsp3) is 0.944. The van der Waals surface area contributed by atoms with Crippen molar-refractivity contribution in [2.45, 2.75) is 77.6 Å². The van der Waals surface area contributed by atoms with Crippen LogP contribution in [0, 0.1) is 11.3 Å². The molecule has 3 heteroatoms. The van der Waals surface area contributed by atoms with Crippen molar-refractivity contribution < 1.29 is 4.79 Å². The molecule has 2 rings (SSSR count). The summed E-state index contributed by atoms with van der Waals surface area (Å²) in [5.74, 6) is 0.661. The molecule has 2 aliphatic rings. The number of hydrogen-bond donors (Lipinski definition) is 2. The van der Waals surface area contributed by atoms with Crippen LogP contribution in [-0.2, 0) is 4.79 Å². The van der Waals surface area contributed by atoms with E-state index in [0.717, 1.165) is 32.5 Å². The Kier molecular flexibility index (Phi) is 7.01. The van der Waals surface area contributed by atoms with Crippen LogP contribution in [0.4, 0.5) is 0 Å². The van der Waals surface area contributed by atoms with E-state index < -0.39 is 0 Å². The second-order valence-corrected chi connectivity index (χ2v) is 7.13. The first-order chi connectivity index (χ1) is 10.3. The summed E-state index contributed by atoms with van der Waals surface area (Å²) in [6, 6.07) is 0. The molecule has 1 unspecified atom stereocenters. The van der Waals surface area contributed by atoms with E-state index in [1.54, 1.807) is 0 Å². The van der Waals surface area contributed by atoms with Gasteiger partial charge in [0.2, 0.25) is 5.91 Å². The highest BCUT2D eigenvalue weighted by Gasteiger charge is 2.57. The molecule has 0 radical (unpaired) electrons. The minimum Gasteiger partial charge on any atom is -0.356 e. The van der Waals surface area contributed by atoms with Gasteiger partial charge in [-0.3, -0.25) is 4.79 Å². The molecule has 21 heavy (non-hydrogen) atoms. The van der Waals surface area contributed by atoms with E-state index in [1.165, 1.54) is 57.8 Å². The molecule has 0 bridgehead atoms. The van der Waals surface area contributed by atoms with Crippen molar-refractivity contribution in [3.8, 4) is 0 Å². The predicted molar refractivity (Wildman–Crippen MR) is 88.3 cm³/mol. The van der Waals surface area contributed by atoms with E-state index in [0.29, 0.717) is 17.2 Å². The lowest BCUT2D eigenvalue weighted by Crippen LogP contribution is -2.34. The summed E-state index contributed by atoms with van der Waals surface area (Å²) in [4.78, 5) is 12.2. The zero-order chi connectivity index (χ0) is 15.0. The quantitative estimate of drug-likeness (QED) is 0.604. The molecule has 3 nitrogen and oxygen atoms in total. The van der Waals surface area contributed by atoms with Crippen LogP contribution in [0.25, 0.3) is 0 Å². The van der Waals surface area contributed by atoms with Gasteiger partial charge in [-0.05, 0) is 44.2 Å². The van der Waals surface area contributed by atoms with Crippen LogP contribution < -0.4 is 10.6 Å². The van der Waals surface area contributed by atoms with Crippen LogP contribution in [0.15, 0.2) is 0 Å². The third-order valence-electron chi connectivity index (χ3n) is 5.44. The molecule has 1 saturated heterocycles. The fourth-order valence-electron chi connectivity index (χ4n) is 3.79. The van der Waals surface area contributed by atoms with Gasteiger partial charge in [0.05, 0.1) is 0 Å². The van der Waals surface area contributed by atoms with E-state index in [-0.39, 0.29) is 0 Å².